The number of hydrogen-bond acceptors (Lipinski definition) is 7. The quantitative estimate of drug-likeness (QED) is 0.200. The second-order valence-electron chi connectivity index (χ2n) is 7.83. The molecular weight excluding hydrogens is 446 g/mol. The molecule has 3 heterocycles. The highest BCUT2D eigenvalue weighted by molar-refractivity contribution is 8.23. The average molecular weight is 470 g/mol. The molecule has 0 spiro atoms. The number of aromatic nitrogens is 2. The third-order valence-corrected chi connectivity index (χ3v) is 7.57. The van der Waals surface area contributed by atoms with Crippen LogP contribution in [0.15, 0.2) is 58.6 Å². The van der Waals surface area contributed by atoms with Gasteiger partial charge < -0.3 is 20.6 Å². The molecule has 0 bridgehead atoms. The van der Waals surface area contributed by atoms with Gasteiger partial charge in [0.05, 0.1) is 35.2 Å². The largest absolute Gasteiger partial charge is 0.409 e. The number of fused-ring (bicyclic) bond motifs is 3. The van der Waals surface area contributed by atoms with Crippen molar-refractivity contribution in [1.82, 2.24) is 14.7 Å². The van der Waals surface area contributed by atoms with Crippen molar-refractivity contribution in [3.8, 4) is 16.9 Å². The van der Waals surface area contributed by atoms with Gasteiger partial charge in [-0.05, 0) is 18.2 Å². The molecule has 0 atom stereocenters. The fourth-order valence-electron chi connectivity index (χ4n) is 4.22. The SMILES string of the molecule is NC(=NO)c1cccc(-n2nc(C(=O)N3CCOCC3)c3c2-c2ccccc2S(O)(O)C3)c1. The number of benzene rings is 2. The summed E-state index contributed by atoms with van der Waals surface area (Å²) >= 11 is 0. The van der Waals surface area contributed by atoms with Gasteiger partial charge in [-0.2, -0.15) is 15.7 Å². The van der Waals surface area contributed by atoms with Gasteiger partial charge in [-0.15, -0.1) is 0 Å². The van der Waals surface area contributed by atoms with Crippen LogP contribution in [0.5, 0.6) is 0 Å². The summed E-state index contributed by atoms with van der Waals surface area (Å²) in [5.74, 6) is -0.447. The Morgan fingerprint density at radius 1 is 1.12 bits per heavy atom. The van der Waals surface area contributed by atoms with Gasteiger partial charge in [0.25, 0.3) is 5.91 Å². The minimum absolute atomic E-state index is 0.0583. The van der Waals surface area contributed by atoms with Gasteiger partial charge >= 0.3 is 0 Å². The first-order valence-corrected chi connectivity index (χ1v) is 12.0. The van der Waals surface area contributed by atoms with E-state index >= 15 is 0 Å². The first kappa shape index (κ1) is 21.5. The first-order valence-electron chi connectivity index (χ1n) is 10.3. The number of morpholine rings is 1. The van der Waals surface area contributed by atoms with Gasteiger partial charge in [0.15, 0.2) is 11.5 Å². The van der Waals surface area contributed by atoms with E-state index in [4.69, 9.17) is 15.7 Å². The summed E-state index contributed by atoms with van der Waals surface area (Å²) in [5.41, 5.74) is 8.72. The molecule has 0 aliphatic carbocycles. The molecule has 2 aromatic carbocycles. The molecule has 3 aromatic rings. The molecule has 2 aliphatic heterocycles. The highest BCUT2D eigenvalue weighted by Gasteiger charge is 2.37. The zero-order valence-corrected chi connectivity index (χ0v) is 18.4. The number of ether oxygens (including phenoxy) is 1. The number of rotatable bonds is 3. The van der Waals surface area contributed by atoms with E-state index in [1.54, 1.807) is 58.1 Å². The predicted molar refractivity (Wildman–Crippen MR) is 123 cm³/mol. The molecule has 1 aromatic heterocycles. The van der Waals surface area contributed by atoms with E-state index in [0.717, 1.165) is 0 Å². The lowest BCUT2D eigenvalue weighted by Gasteiger charge is -2.38. The van der Waals surface area contributed by atoms with E-state index in [-0.39, 0.29) is 23.2 Å². The third kappa shape index (κ3) is 3.64. The molecule has 0 saturated carbocycles. The molecule has 5 rings (SSSR count). The minimum Gasteiger partial charge on any atom is -0.409 e. The van der Waals surface area contributed by atoms with E-state index in [1.807, 2.05) is 0 Å². The number of amides is 1. The van der Waals surface area contributed by atoms with E-state index in [0.29, 0.717) is 59.3 Å². The number of carbonyl (C=O) groups is 1. The standard InChI is InChI=1S/C22H23N5O5S/c23-21(25-29)14-4-3-5-15(12-14)27-20-16-6-1-2-7-18(16)33(30,31)13-17(20)19(24-27)22(28)26-8-10-32-11-9-26/h1-7,12,29-31H,8-11,13H2,(H2,23,25). The van der Waals surface area contributed by atoms with Crippen LogP contribution >= 0.6 is 10.6 Å². The minimum atomic E-state index is -3.16. The van der Waals surface area contributed by atoms with Crippen molar-refractivity contribution in [2.45, 2.75) is 10.6 Å². The van der Waals surface area contributed by atoms with Crippen LogP contribution in [0.25, 0.3) is 16.9 Å². The highest BCUT2D eigenvalue weighted by Crippen LogP contribution is 2.59. The first-order chi connectivity index (χ1) is 15.9. The highest BCUT2D eigenvalue weighted by atomic mass is 32.3. The number of oxime groups is 1. The van der Waals surface area contributed by atoms with Gasteiger partial charge in [-0.25, -0.2) is 4.68 Å². The molecule has 172 valence electrons. The average Bonchev–Trinajstić information content (AvgIpc) is 3.22. The second-order valence-corrected chi connectivity index (χ2v) is 9.90. The van der Waals surface area contributed by atoms with Gasteiger partial charge in [-0.1, -0.05) is 35.5 Å². The summed E-state index contributed by atoms with van der Waals surface area (Å²) in [6.07, 6.45) is 0. The van der Waals surface area contributed by atoms with Crippen molar-refractivity contribution < 1.29 is 23.8 Å². The molecule has 1 saturated heterocycles. The summed E-state index contributed by atoms with van der Waals surface area (Å²) in [6, 6.07) is 13.9. The predicted octanol–water partition coefficient (Wildman–Crippen LogP) is 2.73. The molecule has 2 aliphatic rings. The Labute approximate surface area is 191 Å². The van der Waals surface area contributed by atoms with Crippen molar-refractivity contribution in [1.29, 1.82) is 0 Å². The summed E-state index contributed by atoms with van der Waals surface area (Å²) in [6.45, 7) is 1.75. The molecule has 1 amide bonds. The monoisotopic (exact) mass is 469 g/mol. The Balaban J connectivity index is 1.73. The Bertz CT molecular complexity index is 1270. The normalized spacial score (nSPS) is 18.4. The number of nitrogens with zero attached hydrogens (tertiary/aromatic N) is 4. The van der Waals surface area contributed by atoms with Crippen LogP contribution in [0.3, 0.4) is 0 Å². The van der Waals surface area contributed by atoms with Crippen molar-refractivity contribution in [2.75, 3.05) is 26.3 Å². The molecular formula is C22H23N5O5S. The molecule has 0 radical (unpaired) electrons. The van der Waals surface area contributed by atoms with Gasteiger partial charge in [0, 0.05) is 29.8 Å². The lowest BCUT2D eigenvalue weighted by atomic mass is 10.0. The van der Waals surface area contributed by atoms with Crippen LogP contribution in [0, 0.1) is 0 Å². The van der Waals surface area contributed by atoms with E-state index in [9.17, 15) is 13.9 Å². The zero-order chi connectivity index (χ0) is 23.2. The maximum absolute atomic E-state index is 13.4. The number of hydrogen-bond donors (Lipinski definition) is 4. The molecule has 0 unspecified atom stereocenters. The molecule has 5 N–H and O–H groups in total. The van der Waals surface area contributed by atoms with Gasteiger partial charge in [0.1, 0.15) is 0 Å². The van der Waals surface area contributed by atoms with Crippen LogP contribution in [-0.4, -0.2) is 67.0 Å². The smallest absolute Gasteiger partial charge is 0.274 e. The molecule has 10 nitrogen and oxygen atoms in total. The van der Waals surface area contributed by atoms with E-state index in [1.165, 1.54) is 0 Å². The van der Waals surface area contributed by atoms with Crippen LogP contribution in [-0.2, 0) is 10.5 Å². The lowest BCUT2D eigenvalue weighted by Crippen LogP contribution is -2.41. The fraction of sp³-hybridized carbons (Fsp3) is 0.227. The number of nitrogens with two attached hydrogens (primary N) is 1. The van der Waals surface area contributed by atoms with E-state index < -0.39 is 10.6 Å². The summed E-state index contributed by atoms with van der Waals surface area (Å²) in [4.78, 5) is 15.5. The van der Waals surface area contributed by atoms with Gasteiger partial charge in [0.2, 0.25) is 0 Å². The molecule has 1 fully saturated rings. The number of amidine groups is 1. The second kappa shape index (κ2) is 8.19. The Morgan fingerprint density at radius 2 is 1.88 bits per heavy atom. The van der Waals surface area contributed by atoms with Crippen LogP contribution in [0.4, 0.5) is 0 Å². The molecule has 11 heteroatoms. The van der Waals surface area contributed by atoms with Crippen molar-refractivity contribution in [3.05, 3.63) is 65.4 Å². The van der Waals surface area contributed by atoms with Crippen molar-refractivity contribution >= 4 is 22.3 Å². The van der Waals surface area contributed by atoms with Crippen molar-refractivity contribution in [3.63, 3.8) is 0 Å². The Morgan fingerprint density at radius 3 is 2.64 bits per heavy atom. The Kier molecular flexibility index (Phi) is 5.33. The molecule has 33 heavy (non-hydrogen) atoms. The van der Waals surface area contributed by atoms with Crippen LogP contribution in [0.2, 0.25) is 0 Å². The maximum Gasteiger partial charge on any atom is 0.274 e. The van der Waals surface area contributed by atoms with Gasteiger partial charge in [-0.3, -0.25) is 13.9 Å². The third-order valence-electron chi connectivity index (χ3n) is 5.82. The lowest BCUT2D eigenvalue weighted by molar-refractivity contribution is 0.0298. The van der Waals surface area contributed by atoms with Crippen LogP contribution in [0.1, 0.15) is 21.6 Å². The maximum atomic E-state index is 13.4. The summed E-state index contributed by atoms with van der Waals surface area (Å²) < 4.78 is 28.8. The summed E-state index contributed by atoms with van der Waals surface area (Å²) in [5, 5.41) is 16.8. The Hall–Kier alpha value is -3.38. The number of carbonyl (C=O) groups excluding carboxylic acids is 1. The van der Waals surface area contributed by atoms with Crippen LogP contribution < -0.4 is 5.73 Å². The zero-order valence-electron chi connectivity index (χ0n) is 17.6. The van der Waals surface area contributed by atoms with Crippen molar-refractivity contribution in [2.24, 2.45) is 10.9 Å². The summed E-state index contributed by atoms with van der Waals surface area (Å²) in [7, 11) is -3.16. The fourth-order valence-corrected chi connectivity index (χ4v) is 5.86. The van der Waals surface area contributed by atoms with E-state index in [2.05, 4.69) is 10.3 Å². The topological polar surface area (TPSA) is 146 Å².